The number of carbonyl (C=O) groups excluding carboxylic acids is 1. The fraction of sp³-hybridized carbons (Fsp3) is 0.500. The standard InChI is InChI=1S/C14H18N4O2S/c1-10(19)15-11-4-2-6-18(8-11)9-13-16-14(20-17-13)12-5-3-7-21-12/h3,5,7,11H,2,4,6,8-9H2,1H3,(H,15,19). The van der Waals surface area contributed by atoms with Crippen LogP contribution in [0.1, 0.15) is 25.6 Å². The van der Waals surface area contributed by atoms with Crippen LogP contribution in [0.15, 0.2) is 22.0 Å². The lowest BCUT2D eigenvalue weighted by molar-refractivity contribution is -0.120. The maximum absolute atomic E-state index is 11.1. The molecule has 1 unspecified atom stereocenters. The zero-order valence-electron chi connectivity index (χ0n) is 11.9. The quantitative estimate of drug-likeness (QED) is 0.934. The Labute approximate surface area is 127 Å². The maximum Gasteiger partial charge on any atom is 0.268 e. The molecule has 0 saturated carbocycles. The number of amides is 1. The molecule has 0 bridgehead atoms. The molecule has 0 aliphatic carbocycles. The van der Waals surface area contributed by atoms with Crippen molar-refractivity contribution >= 4 is 17.2 Å². The summed E-state index contributed by atoms with van der Waals surface area (Å²) in [6, 6.07) is 4.15. The predicted octanol–water partition coefficient (Wildman–Crippen LogP) is 1.90. The highest BCUT2D eigenvalue weighted by atomic mass is 32.1. The summed E-state index contributed by atoms with van der Waals surface area (Å²) < 4.78 is 5.29. The van der Waals surface area contributed by atoms with Crippen LogP contribution in [0.4, 0.5) is 0 Å². The minimum absolute atomic E-state index is 0.0291. The smallest absolute Gasteiger partial charge is 0.268 e. The van der Waals surface area contributed by atoms with Crippen LogP contribution in [-0.2, 0) is 11.3 Å². The second-order valence-corrected chi connectivity index (χ2v) is 6.22. The highest BCUT2D eigenvalue weighted by Crippen LogP contribution is 2.23. The van der Waals surface area contributed by atoms with Crippen molar-refractivity contribution < 1.29 is 9.32 Å². The van der Waals surface area contributed by atoms with Gasteiger partial charge in [-0.15, -0.1) is 11.3 Å². The number of nitrogens with zero attached hydrogens (tertiary/aromatic N) is 3. The van der Waals surface area contributed by atoms with Crippen molar-refractivity contribution in [3.63, 3.8) is 0 Å². The molecule has 0 spiro atoms. The average molecular weight is 306 g/mol. The van der Waals surface area contributed by atoms with Crippen molar-refractivity contribution in [3.05, 3.63) is 23.3 Å². The van der Waals surface area contributed by atoms with Crippen molar-refractivity contribution in [2.75, 3.05) is 13.1 Å². The number of rotatable bonds is 4. The predicted molar refractivity (Wildman–Crippen MR) is 79.7 cm³/mol. The molecule has 1 N–H and O–H groups in total. The third-order valence-electron chi connectivity index (χ3n) is 3.48. The van der Waals surface area contributed by atoms with Gasteiger partial charge in [0.1, 0.15) is 0 Å². The van der Waals surface area contributed by atoms with Gasteiger partial charge < -0.3 is 9.84 Å². The van der Waals surface area contributed by atoms with Crippen molar-refractivity contribution in [2.24, 2.45) is 0 Å². The van der Waals surface area contributed by atoms with E-state index < -0.39 is 0 Å². The van der Waals surface area contributed by atoms with Crippen LogP contribution >= 0.6 is 11.3 Å². The van der Waals surface area contributed by atoms with E-state index in [1.165, 1.54) is 0 Å². The van der Waals surface area contributed by atoms with Gasteiger partial charge >= 0.3 is 0 Å². The van der Waals surface area contributed by atoms with Gasteiger partial charge in [0, 0.05) is 19.5 Å². The lowest BCUT2D eigenvalue weighted by Gasteiger charge is -2.31. The van der Waals surface area contributed by atoms with Gasteiger partial charge in [0.2, 0.25) is 5.91 Å². The monoisotopic (exact) mass is 306 g/mol. The Bertz CT molecular complexity index is 596. The molecule has 2 aromatic rings. The molecule has 1 fully saturated rings. The lowest BCUT2D eigenvalue weighted by Crippen LogP contribution is -2.46. The van der Waals surface area contributed by atoms with Crippen LogP contribution in [-0.4, -0.2) is 40.1 Å². The Morgan fingerprint density at radius 2 is 2.52 bits per heavy atom. The summed E-state index contributed by atoms with van der Waals surface area (Å²) in [6.07, 6.45) is 2.10. The molecule has 1 amide bonds. The molecule has 7 heteroatoms. The topological polar surface area (TPSA) is 71.3 Å². The lowest BCUT2D eigenvalue weighted by atomic mass is 10.1. The van der Waals surface area contributed by atoms with Crippen LogP contribution in [0.3, 0.4) is 0 Å². The van der Waals surface area contributed by atoms with Crippen LogP contribution in [0.2, 0.25) is 0 Å². The molecule has 6 nitrogen and oxygen atoms in total. The van der Waals surface area contributed by atoms with Gasteiger partial charge in [0.15, 0.2) is 5.82 Å². The van der Waals surface area contributed by atoms with Crippen LogP contribution in [0.5, 0.6) is 0 Å². The van der Waals surface area contributed by atoms with E-state index in [9.17, 15) is 4.79 Å². The SMILES string of the molecule is CC(=O)NC1CCCN(Cc2noc(-c3cccs3)n2)C1. The highest BCUT2D eigenvalue weighted by molar-refractivity contribution is 7.13. The summed E-state index contributed by atoms with van der Waals surface area (Å²) in [5.74, 6) is 1.30. The molecule has 1 aliphatic rings. The molecule has 1 aliphatic heterocycles. The van der Waals surface area contributed by atoms with E-state index in [1.807, 2.05) is 17.5 Å². The largest absolute Gasteiger partial charge is 0.352 e. The minimum Gasteiger partial charge on any atom is -0.352 e. The molecule has 3 rings (SSSR count). The number of hydrogen-bond donors (Lipinski definition) is 1. The summed E-state index contributed by atoms with van der Waals surface area (Å²) in [5.41, 5.74) is 0. The first-order chi connectivity index (χ1) is 10.2. The minimum atomic E-state index is 0.0291. The summed E-state index contributed by atoms with van der Waals surface area (Å²) in [4.78, 5) is 18.8. The molecular weight excluding hydrogens is 288 g/mol. The van der Waals surface area contributed by atoms with E-state index >= 15 is 0 Å². The summed E-state index contributed by atoms with van der Waals surface area (Å²) in [5, 5.41) is 9.01. The first-order valence-corrected chi connectivity index (χ1v) is 7.94. The Hall–Kier alpha value is -1.73. The van der Waals surface area contributed by atoms with Gasteiger partial charge in [-0.05, 0) is 30.8 Å². The number of carbonyl (C=O) groups is 1. The summed E-state index contributed by atoms with van der Waals surface area (Å²) in [7, 11) is 0. The van der Waals surface area contributed by atoms with Gasteiger partial charge in [-0.2, -0.15) is 4.98 Å². The molecule has 0 aromatic carbocycles. The van der Waals surface area contributed by atoms with Crippen molar-refractivity contribution in [1.82, 2.24) is 20.4 Å². The normalized spacial score (nSPS) is 19.6. The number of hydrogen-bond acceptors (Lipinski definition) is 6. The highest BCUT2D eigenvalue weighted by Gasteiger charge is 2.22. The average Bonchev–Trinajstić information content (AvgIpc) is 3.08. The number of piperidine rings is 1. The van der Waals surface area contributed by atoms with Crippen molar-refractivity contribution in [3.8, 4) is 10.8 Å². The molecule has 2 aromatic heterocycles. The van der Waals surface area contributed by atoms with E-state index in [4.69, 9.17) is 4.52 Å². The maximum atomic E-state index is 11.1. The number of nitrogens with one attached hydrogen (secondary N) is 1. The van der Waals surface area contributed by atoms with Crippen LogP contribution in [0.25, 0.3) is 10.8 Å². The second-order valence-electron chi connectivity index (χ2n) is 5.27. The Morgan fingerprint density at radius 1 is 1.62 bits per heavy atom. The fourth-order valence-electron chi connectivity index (χ4n) is 2.62. The Balaban J connectivity index is 1.60. The van der Waals surface area contributed by atoms with Crippen molar-refractivity contribution in [2.45, 2.75) is 32.4 Å². The molecular formula is C14H18N4O2S. The van der Waals surface area contributed by atoms with E-state index in [0.29, 0.717) is 18.3 Å². The molecule has 1 saturated heterocycles. The Morgan fingerprint density at radius 3 is 3.29 bits per heavy atom. The van der Waals surface area contributed by atoms with E-state index in [0.717, 1.165) is 30.8 Å². The van der Waals surface area contributed by atoms with Gasteiger partial charge in [0.25, 0.3) is 5.89 Å². The molecule has 21 heavy (non-hydrogen) atoms. The van der Waals surface area contributed by atoms with Crippen LogP contribution < -0.4 is 5.32 Å². The molecule has 0 radical (unpaired) electrons. The number of thiophene rings is 1. The van der Waals surface area contributed by atoms with Crippen LogP contribution in [0, 0.1) is 0 Å². The van der Waals surface area contributed by atoms with E-state index in [-0.39, 0.29) is 11.9 Å². The fourth-order valence-corrected chi connectivity index (χ4v) is 3.27. The van der Waals surface area contributed by atoms with Gasteiger partial charge in [-0.1, -0.05) is 11.2 Å². The van der Waals surface area contributed by atoms with Gasteiger partial charge in [-0.3, -0.25) is 9.69 Å². The third-order valence-corrected chi connectivity index (χ3v) is 4.34. The third kappa shape index (κ3) is 3.68. The van der Waals surface area contributed by atoms with E-state index in [2.05, 4.69) is 20.4 Å². The van der Waals surface area contributed by atoms with Crippen molar-refractivity contribution in [1.29, 1.82) is 0 Å². The number of aromatic nitrogens is 2. The molecule has 3 heterocycles. The van der Waals surface area contributed by atoms with Gasteiger partial charge in [-0.25, -0.2) is 0 Å². The van der Waals surface area contributed by atoms with E-state index in [1.54, 1.807) is 18.3 Å². The zero-order valence-corrected chi connectivity index (χ0v) is 12.7. The summed E-state index contributed by atoms with van der Waals surface area (Å²) in [6.45, 7) is 4.05. The zero-order chi connectivity index (χ0) is 14.7. The Kier molecular flexibility index (Phi) is 4.31. The number of likely N-dealkylation sites (tertiary alicyclic amines) is 1. The summed E-state index contributed by atoms with van der Waals surface area (Å²) >= 11 is 1.59. The molecule has 1 atom stereocenters. The first-order valence-electron chi connectivity index (χ1n) is 7.06. The second kappa shape index (κ2) is 6.36. The molecule has 112 valence electrons. The van der Waals surface area contributed by atoms with Gasteiger partial charge in [0.05, 0.1) is 11.4 Å². The first kappa shape index (κ1) is 14.2.